The number of anilines is 2. The molecule has 0 spiro atoms. The van der Waals surface area contributed by atoms with Crippen molar-refractivity contribution in [3.05, 3.63) is 99.0 Å². The molecule has 3 aromatic carbocycles. The van der Waals surface area contributed by atoms with Gasteiger partial charge < -0.3 is 15.2 Å². The molecule has 3 unspecified atom stereocenters. The number of hydrogen-bond donors (Lipinski definition) is 2. The first-order valence-electron chi connectivity index (χ1n) is 12.4. The van der Waals surface area contributed by atoms with Crippen molar-refractivity contribution in [2.24, 2.45) is 5.92 Å². The third-order valence-corrected chi connectivity index (χ3v) is 9.60. The number of thiazole rings is 1. The predicted molar refractivity (Wildman–Crippen MR) is 152 cm³/mol. The Kier molecular flexibility index (Phi) is 6.68. The fourth-order valence-electron chi connectivity index (χ4n) is 5.15. The van der Waals surface area contributed by atoms with Gasteiger partial charge in [0.25, 0.3) is 0 Å². The fraction of sp³-hybridized carbons (Fsp3) is 0.172. The number of nitrogens with one attached hydrogen (secondary N) is 1. The van der Waals surface area contributed by atoms with Crippen LogP contribution in [0.4, 0.5) is 11.4 Å². The van der Waals surface area contributed by atoms with Crippen molar-refractivity contribution in [3.8, 4) is 11.5 Å². The maximum absolute atomic E-state index is 13.9. The number of thioether (sulfide) groups is 1. The van der Waals surface area contributed by atoms with Crippen molar-refractivity contribution in [2.45, 2.75) is 22.7 Å². The largest absolute Gasteiger partial charge is 0.508 e. The van der Waals surface area contributed by atoms with E-state index in [1.165, 1.54) is 33.4 Å². The highest BCUT2D eigenvalue weighted by atomic mass is 32.2. The number of imide groups is 1. The molecule has 1 saturated heterocycles. The minimum absolute atomic E-state index is 0.0680. The van der Waals surface area contributed by atoms with Crippen molar-refractivity contribution < 1.29 is 24.2 Å². The van der Waals surface area contributed by atoms with Crippen molar-refractivity contribution in [1.29, 1.82) is 0 Å². The molecule has 1 fully saturated rings. The van der Waals surface area contributed by atoms with Crippen LogP contribution in [0.3, 0.4) is 0 Å². The van der Waals surface area contributed by atoms with Crippen LogP contribution < -0.4 is 19.8 Å². The van der Waals surface area contributed by atoms with E-state index in [1.54, 1.807) is 43.5 Å². The number of phenols is 1. The lowest BCUT2D eigenvalue weighted by molar-refractivity contribution is -0.122. The zero-order valence-electron chi connectivity index (χ0n) is 21.1. The predicted octanol–water partition coefficient (Wildman–Crippen LogP) is 4.06. The van der Waals surface area contributed by atoms with Gasteiger partial charge in [0.05, 0.1) is 23.7 Å². The van der Waals surface area contributed by atoms with Crippen LogP contribution in [-0.4, -0.2) is 39.8 Å². The first-order chi connectivity index (χ1) is 19.4. The van der Waals surface area contributed by atoms with Gasteiger partial charge in [-0.25, -0.2) is 4.90 Å². The minimum Gasteiger partial charge on any atom is -0.508 e. The smallest absolute Gasteiger partial charge is 0.308 e. The molecule has 2 aliphatic heterocycles. The lowest BCUT2D eigenvalue weighted by atomic mass is 9.83. The number of amides is 3. The van der Waals surface area contributed by atoms with Crippen LogP contribution in [0.1, 0.15) is 16.4 Å². The van der Waals surface area contributed by atoms with E-state index in [0.29, 0.717) is 27.0 Å². The minimum atomic E-state index is -0.771. The van der Waals surface area contributed by atoms with Gasteiger partial charge in [-0.1, -0.05) is 53.4 Å². The zero-order chi connectivity index (χ0) is 28.0. The molecule has 0 aliphatic carbocycles. The monoisotopic (exact) mass is 573 g/mol. The number of hydrogen-bond acceptors (Lipinski definition) is 8. The summed E-state index contributed by atoms with van der Waals surface area (Å²) in [7, 11) is 1.54. The van der Waals surface area contributed by atoms with Gasteiger partial charge in [0.2, 0.25) is 17.7 Å². The SMILES string of the molecule is COc1ccc(N2C(=O)C3Sc4c(sc(=O)n4CC(=O)Nc4ccc(O)cc4)C(c4ccccc4)C3C2=O)cc1. The number of ether oxygens (including phenoxy) is 1. The summed E-state index contributed by atoms with van der Waals surface area (Å²) in [6.07, 6.45) is 0. The average Bonchev–Trinajstić information content (AvgIpc) is 3.41. The highest BCUT2D eigenvalue weighted by Gasteiger charge is 2.56. The number of carbonyl (C=O) groups is 3. The standard InChI is InChI=1S/C29H23N3O6S2/c1-38-20-13-9-18(10-14-20)32-26(35)23-22(16-5-3-2-4-6-16)25-28(39-24(23)27(32)36)31(29(37)40-25)15-21(34)30-17-7-11-19(33)12-8-17/h2-14,22-24,33H,15H2,1H3,(H,30,34). The average molecular weight is 574 g/mol. The summed E-state index contributed by atoms with van der Waals surface area (Å²) in [5.41, 5.74) is 1.74. The van der Waals surface area contributed by atoms with Crippen LogP contribution >= 0.6 is 23.1 Å². The molecule has 2 aliphatic rings. The van der Waals surface area contributed by atoms with Gasteiger partial charge in [0.15, 0.2) is 0 Å². The maximum Gasteiger partial charge on any atom is 0.308 e. The quantitative estimate of drug-likeness (QED) is 0.264. The zero-order valence-corrected chi connectivity index (χ0v) is 22.8. The summed E-state index contributed by atoms with van der Waals surface area (Å²) < 4.78 is 6.59. The molecule has 0 bridgehead atoms. The van der Waals surface area contributed by atoms with Crippen molar-refractivity contribution in [3.63, 3.8) is 0 Å². The Morgan fingerprint density at radius 1 is 0.950 bits per heavy atom. The molecule has 1 aromatic heterocycles. The van der Waals surface area contributed by atoms with E-state index in [4.69, 9.17) is 4.74 Å². The molecule has 3 atom stereocenters. The molecule has 4 aromatic rings. The second-order valence-electron chi connectivity index (χ2n) is 9.38. The van der Waals surface area contributed by atoms with E-state index in [9.17, 15) is 24.3 Å². The molecule has 0 radical (unpaired) electrons. The number of methoxy groups -OCH3 is 1. The molecule has 3 heterocycles. The Morgan fingerprint density at radius 2 is 1.65 bits per heavy atom. The Hall–Kier alpha value is -4.35. The molecule has 40 heavy (non-hydrogen) atoms. The molecule has 11 heteroatoms. The number of aromatic hydroxyl groups is 1. The molecule has 9 nitrogen and oxygen atoms in total. The lowest BCUT2D eigenvalue weighted by Crippen LogP contribution is -2.33. The van der Waals surface area contributed by atoms with Crippen molar-refractivity contribution in [2.75, 3.05) is 17.3 Å². The van der Waals surface area contributed by atoms with Crippen LogP contribution in [0, 0.1) is 5.92 Å². The molecular weight excluding hydrogens is 550 g/mol. The van der Waals surface area contributed by atoms with Gasteiger partial charge in [0, 0.05) is 16.5 Å². The summed E-state index contributed by atoms with van der Waals surface area (Å²) in [6, 6.07) is 22.1. The lowest BCUT2D eigenvalue weighted by Gasteiger charge is -2.30. The van der Waals surface area contributed by atoms with Gasteiger partial charge in [-0.15, -0.1) is 0 Å². The highest BCUT2D eigenvalue weighted by molar-refractivity contribution is 8.00. The second kappa shape index (κ2) is 10.3. The van der Waals surface area contributed by atoms with Gasteiger partial charge in [-0.3, -0.25) is 23.7 Å². The molecule has 6 rings (SSSR count). The molecule has 2 N–H and O–H groups in total. The Labute approximate surface area is 237 Å². The number of carbonyl (C=O) groups excluding carboxylic acids is 3. The van der Waals surface area contributed by atoms with Crippen molar-refractivity contribution >= 4 is 52.2 Å². The first kappa shape index (κ1) is 25.9. The highest BCUT2D eigenvalue weighted by Crippen LogP contribution is 2.53. The van der Waals surface area contributed by atoms with Crippen molar-refractivity contribution in [1.82, 2.24) is 4.57 Å². The normalized spacial score (nSPS) is 19.7. The summed E-state index contributed by atoms with van der Waals surface area (Å²) in [5, 5.41) is 12.0. The van der Waals surface area contributed by atoms with Crippen LogP contribution in [0.15, 0.2) is 88.7 Å². The summed E-state index contributed by atoms with van der Waals surface area (Å²) in [5.74, 6) is -1.69. The number of nitrogens with zero attached hydrogens (tertiary/aromatic N) is 2. The molecule has 202 valence electrons. The van der Waals surface area contributed by atoms with Crippen LogP contribution in [0.25, 0.3) is 0 Å². The van der Waals surface area contributed by atoms with E-state index in [2.05, 4.69) is 5.32 Å². The van der Waals surface area contributed by atoms with E-state index in [-0.39, 0.29) is 29.0 Å². The third kappa shape index (κ3) is 4.46. The van der Waals surface area contributed by atoms with Gasteiger partial charge in [-0.2, -0.15) is 0 Å². The number of rotatable bonds is 6. The van der Waals surface area contributed by atoms with Crippen LogP contribution in [0.5, 0.6) is 11.5 Å². The Bertz CT molecular complexity index is 1660. The maximum atomic E-state index is 13.9. The summed E-state index contributed by atoms with van der Waals surface area (Å²) in [6.45, 7) is -0.262. The van der Waals surface area contributed by atoms with Crippen LogP contribution in [0.2, 0.25) is 0 Å². The number of aromatic nitrogens is 1. The second-order valence-corrected chi connectivity index (χ2v) is 11.5. The van der Waals surface area contributed by atoms with E-state index in [1.807, 2.05) is 30.3 Å². The van der Waals surface area contributed by atoms with E-state index < -0.39 is 23.0 Å². The Balaban J connectivity index is 1.38. The third-order valence-electron chi connectivity index (χ3n) is 6.99. The topological polar surface area (TPSA) is 118 Å². The van der Waals surface area contributed by atoms with Gasteiger partial charge in [-0.05, 0) is 54.1 Å². The molecule has 3 amide bonds. The molecular formula is C29H23N3O6S2. The van der Waals surface area contributed by atoms with Gasteiger partial charge in [0.1, 0.15) is 23.3 Å². The number of phenolic OH excluding ortho intramolecular Hbond substituents is 1. The number of fused-ring (bicyclic) bond motifs is 2. The van der Waals surface area contributed by atoms with E-state index in [0.717, 1.165) is 16.9 Å². The number of benzene rings is 3. The fourth-order valence-corrected chi connectivity index (χ4v) is 7.92. The van der Waals surface area contributed by atoms with Crippen LogP contribution in [-0.2, 0) is 20.9 Å². The molecule has 0 saturated carbocycles. The Morgan fingerprint density at radius 3 is 2.33 bits per heavy atom. The first-order valence-corrected chi connectivity index (χ1v) is 14.1. The summed E-state index contributed by atoms with van der Waals surface area (Å²) in [4.78, 5) is 55.3. The summed E-state index contributed by atoms with van der Waals surface area (Å²) >= 11 is 2.16. The van der Waals surface area contributed by atoms with E-state index >= 15 is 0 Å². The van der Waals surface area contributed by atoms with Gasteiger partial charge >= 0.3 is 4.87 Å².